The fourth-order valence-corrected chi connectivity index (χ4v) is 2.73. The number of nitrogens with zero attached hydrogens (tertiary/aromatic N) is 1. The molecule has 3 unspecified atom stereocenters. The highest BCUT2D eigenvalue weighted by molar-refractivity contribution is 4.80. The van der Waals surface area contributed by atoms with Crippen molar-refractivity contribution >= 4 is 0 Å². The fourth-order valence-electron chi connectivity index (χ4n) is 2.73. The van der Waals surface area contributed by atoms with Crippen LogP contribution in [0, 0.1) is 5.92 Å². The smallest absolute Gasteiger partial charge is 0.114 e. The van der Waals surface area contributed by atoms with Crippen molar-refractivity contribution in [2.24, 2.45) is 11.7 Å². The molecule has 14 heavy (non-hydrogen) atoms. The molecule has 0 aromatic rings. The summed E-state index contributed by atoms with van der Waals surface area (Å²) in [5.41, 5.74) is 5.86. The van der Waals surface area contributed by atoms with Gasteiger partial charge in [0.05, 0.1) is 0 Å². The van der Waals surface area contributed by atoms with E-state index in [4.69, 9.17) is 5.73 Å². The summed E-state index contributed by atoms with van der Waals surface area (Å²) in [5.74, 6) is 0.809. The standard InChI is InChI=1S/C11H21FN2/c12-10-4-6-14(8-10)5-3-9-1-2-11(13)7-9/h9-11H,1-8,13H2. The first kappa shape index (κ1) is 10.4. The van der Waals surface area contributed by atoms with E-state index in [2.05, 4.69) is 4.90 Å². The molecule has 1 heterocycles. The van der Waals surface area contributed by atoms with Crippen molar-refractivity contribution in [1.82, 2.24) is 4.90 Å². The van der Waals surface area contributed by atoms with Gasteiger partial charge in [0.1, 0.15) is 6.17 Å². The molecule has 82 valence electrons. The molecule has 2 nitrogen and oxygen atoms in total. The van der Waals surface area contributed by atoms with E-state index in [9.17, 15) is 4.39 Å². The second kappa shape index (κ2) is 4.58. The molecule has 1 saturated heterocycles. The third-order valence-electron chi connectivity index (χ3n) is 3.65. The zero-order valence-electron chi connectivity index (χ0n) is 8.79. The first-order chi connectivity index (χ1) is 6.74. The van der Waals surface area contributed by atoms with Crippen LogP contribution in [0.5, 0.6) is 0 Å². The second-order valence-electron chi connectivity index (χ2n) is 4.91. The molecule has 0 bridgehead atoms. The first-order valence-corrected chi connectivity index (χ1v) is 5.86. The SMILES string of the molecule is NC1CCC(CCN2CCC(F)C2)C1. The zero-order chi connectivity index (χ0) is 9.97. The van der Waals surface area contributed by atoms with Crippen molar-refractivity contribution in [3.05, 3.63) is 0 Å². The maximum atomic E-state index is 12.9. The van der Waals surface area contributed by atoms with Crippen LogP contribution in [0.1, 0.15) is 32.1 Å². The van der Waals surface area contributed by atoms with Crippen molar-refractivity contribution in [3.63, 3.8) is 0 Å². The summed E-state index contributed by atoms with van der Waals surface area (Å²) in [6, 6.07) is 0.438. The Kier molecular flexibility index (Phi) is 3.39. The van der Waals surface area contributed by atoms with Crippen LogP contribution in [0.2, 0.25) is 0 Å². The number of alkyl halides is 1. The maximum absolute atomic E-state index is 12.9. The molecule has 2 N–H and O–H groups in total. The summed E-state index contributed by atoms with van der Waals surface area (Å²) in [5, 5.41) is 0. The molecule has 1 aliphatic heterocycles. The number of halogens is 1. The molecular formula is C11H21FN2. The molecule has 2 aliphatic rings. The normalized spacial score (nSPS) is 39.4. The molecule has 0 radical (unpaired) electrons. The number of rotatable bonds is 3. The lowest BCUT2D eigenvalue weighted by atomic mass is 10.0. The summed E-state index contributed by atoms with van der Waals surface area (Å²) in [4.78, 5) is 2.26. The number of hydrogen-bond donors (Lipinski definition) is 1. The van der Waals surface area contributed by atoms with Gasteiger partial charge in [-0.25, -0.2) is 4.39 Å². The molecule has 1 aliphatic carbocycles. The zero-order valence-corrected chi connectivity index (χ0v) is 8.79. The van der Waals surface area contributed by atoms with Gasteiger partial charge >= 0.3 is 0 Å². The van der Waals surface area contributed by atoms with E-state index in [0.29, 0.717) is 12.6 Å². The molecule has 0 amide bonds. The topological polar surface area (TPSA) is 29.3 Å². The molecule has 0 aromatic carbocycles. The minimum absolute atomic E-state index is 0.438. The molecule has 0 aromatic heterocycles. The van der Waals surface area contributed by atoms with Crippen LogP contribution < -0.4 is 5.73 Å². The van der Waals surface area contributed by atoms with Crippen molar-refractivity contribution in [2.75, 3.05) is 19.6 Å². The molecule has 2 fully saturated rings. The van der Waals surface area contributed by atoms with Crippen LogP contribution in [0.4, 0.5) is 4.39 Å². The summed E-state index contributed by atoms with van der Waals surface area (Å²) in [6.45, 7) is 2.70. The van der Waals surface area contributed by atoms with Gasteiger partial charge in [-0.15, -0.1) is 0 Å². The van der Waals surface area contributed by atoms with Gasteiger partial charge < -0.3 is 10.6 Å². The fraction of sp³-hybridized carbons (Fsp3) is 1.00. The summed E-state index contributed by atoms with van der Waals surface area (Å²) in [7, 11) is 0. The molecule has 3 atom stereocenters. The van der Waals surface area contributed by atoms with E-state index in [-0.39, 0.29) is 0 Å². The number of hydrogen-bond acceptors (Lipinski definition) is 2. The van der Waals surface area contributed by atoms with Gasteiger partial charge in [0.25, 0.3) is 0 Å². The second-order valence-corrected chi connectivity index (χ2v) is 4.91. The first-order valence-electron chi connectivity index (χ1n) is 5.86. The molecule has 0 spiro atoms. The Morgan fingerprint density at radius 2 is 2.14 bits per heavy atom. The van der Waals surface area contributed by atoms with E-state index in [1.54, 1.807) is 0 Å². The largest absolute Gasteiger partial charge is 0.328 e. The van der Waals surface area contributed by atoms with E-state index < -0.39 is 6.17 Å². The predicted molar refractivity (Wildman–Crippen MR) is 55.9 cm³/mol. The molecule has 3 heteroatoms. The lowest BCUT2D eigenvalue weighted by Gasteiger charge is -2.17. The monoisotopic (exact) mass is 200 g/mol. The van der Waals surface area contributed by atoms with E-state index in [1.165, 1.54) is 25.7 Å². The van der Waals surface area contributed by atoms with Crippen LogP contribution >= 0.6 is 0 Å². The molecule has 1 saturated carbocycles. The van der Waals surface area contributed by atoms with Crippen LogP contribution in [-0.2, 0) is 0 Å². The third kappa shape index (κ3) is 2.67. The van der Waals surface area contributed by atoms with E-state index in [1.807, 2.05) is 0 Å². The maximum Gasteiger partial charge on any atom is 0.114 e. The Bertz CT molecular complexity index is 166. The molecule has 2 rings (SSSR count). The minimum atomic E-state index is -0.569. The highest BCUT2D eigenvalue weighted by atomic mass is 19.1. The third-order valence-corrected chi connectivity index (χ3v) is 3.65. The van der Waals surface area contributed by atoms with Crippen molar-refractivity contribution < 1.29 is 4.39 Å². The van der Waals surface area contributed by atoms with E-state index >= 15 is 0 Å². The Morgan fingerprint density at radius 3 is 2.71 bits per heavy atom. The Balaban J connectivity index is 1.63. The highest BCUT2D eigenvalue weighted by Gasteiger charge is 2.25. The number of nitrogens with two attached hydrogens (primary N) is 1. The van der Waals surface area contributed by atoms with Crippen molar-refractivity contribution in [3.8, 4) is 0 Å². The highest BCUT2D eigenvalue weighted by Crippen LogP contribution is 2.27. The summed E-state index contributed by atoms with van der Waals surface area (Å²) >= 11 is 0. The average molecular weight is 200 g/mol. The minimum Gasteiger partial charge on any atom is -0.328 e. The Labute approximate surface area is 85.6 Å². The summed E-state index contributed by atoms with van der Waals surface area (Å²) in [6.07, 6.45) is 5.06. The van der Waals surface area contributed by atoms with Crippen molar-refractivity contribution in [1.29, 1.82) is 0 Å². The van der Waals surface area contributed by atoms with Gasteiger partial charge in [0.15, 0.2) is 0 Å². The van der Waals surface area contributed by atoms with Crippen LogP contribution in [0.15, 0.2) is 0 Å². The van der Waals surface area contributed by atoms with Gasteiger partial charge in [0.2, 0.25) is 0 Å². The van der Waals surface area contributed by atoms with Gasteiger partial charge in [-0.2, -0.15) is 0 Å². The lowest BCUT2D eigenvalue weighted by molar-refractivity contribution is 0.269. The van der Waals surface area contributed by atoms with Crippen LogP contribution in [-0.4, -0.2) is 36.7 Å². The lowest BCUT2D eigenvalue weighted by Crippen LogP contribution is -2.24. The Hall–Kier alpha value is -0.150. The average Bonchev–Trinajstić information content (AvgIpc) is 2.72. The van der Waals surface area contributed by atoms with Crippen LogP contribution in [0.25, 0.3) is 0 Å². The predicted octanol–water partition coefficient (Wildman–Crippen LogP) is 1.55. The van der Waals surface area contributed by atoms with Gasteiger partial charge in [-0.3, -0.25) is 0 Å². The van der Waals surface area contributed by atoms with Crippen molar-refractivity contribution in [2.45, 2.75) is 44.3 Å². The van der Waals surface area contributed by atoms with Crippen LogP contribution in [0.3, 0.4) is 0 Å². The van der Waals surface area contributed by atoms with Gasteiger partial charge in [-0.1, -0.05) is 0 Å². The number of likely N-dealkylation sites (tertiary alicyclic amines) is 1. The summed E-state index contributed by atoms with van der Waals surface area (Å²) < 4.78 is 12.9. The Morgan fingerprint density at radius 1 is 1.29 bits per heavy atom. The quantitative estimate of drug-likeness (QED) is 0.749. The molecular weight excluding hydrogens is 179 g/mol. The van der Waals surface area contributed by atoms with E-state index in [0.717, 1.165) is 25.4 Å². The van der Waals surface area contributed by atoms with Gasteiger partial charge in [-0.05, 0) is 44.6 Å². The van der Waals surface area contributed by atoms with Gasteiger partial charge in [0, 0.05) is 19.1 Å².